The van der Waals surface area contributed by atoms with Crippen molar-refractivity contribution in [2.75, 3.05) is 17.2 Å². The van der Waals surface area contributed by atoms with E-state index >= 15 is 0 Å². The molecule has 0 spiro atoms. The Kier molecular flexibility index (Phi) is 7.25. The van der Waals surface area contributed by atoms with Gasteiger partial charge < -0.3 is 16.4 Å². The van der Waals surface area contributed by atoms with Crippen LogP contribution in [0, 0.1) is 18.6 Å². The lowest BCUT2D eigenvalue weighted by atomic mass is 9.98. The first-order chi connectivity index (χ1) is 14.7. The van der Waals surface area contributed by atoms with Gasteiger partial charge in [-0.3, -0.25) is 4.79 Å². The van der Waals surface area contributed by atoms with Gasteiger partial charge in [-0.1, -0.05) is 17.7 Å². The molecule has 0 aliphatic rings. The Morgan fingerprint density at radius 1 is 1.03 bits per heavy atom. The highest BCUT2D eigenvalue weighted by Gasteiger charge is 2.16. The Bertz CT molecular complexity index is 1100. The number of benzene rings is 3. The fourth-order valence-electron chi connectivity index (χ4n) is 3.09. The summed E-state index contributed by atoms with van der Waals surface area (Å²) in [7, 11) is 0. The van der Waals surface area contributed by atoms with E-state index in [0.29, 0.717) is 23.4 Å². The Morgan fingerprint density at radius 3 is 2.45 bits per heavy atom. The van der Waals surface area contributed by atoms with E-state index in [1.165, 1.54) is 12.1 Å². The van der Waals surface area contributed by atoms with Gasteiger partial charge in [0.15, 0.2) is 5.78 Å². The van der Waals surface area contributed by atoms with Gasteiger partial charge in [0.05, 0.1) is 10.7 Å². The standard InChI is InChI=1S/C24H24ClF2N3O/c1-14-3-5-17(29-10-9-15(2)28)12-20(14)24(31)19-7-6-18(13-21(19)25)30-23-8-4-16(26)11-22(23)27/h3-8,11-13,15,29-30H,9-10,28H2,1-2H3. The van der Waals surface area contributed by atoms with Crippen LogP contribution in [0.5, 0.6) is 0 Å². The molecular formula is C24H24ClF2N3O. The molecule has 3 rings (SSSR count). The van der Waals surface area contributed by atoms with Crippen molar-refractivity contribution in [2.45, 2.75) is 26.3 Å². The van der Waals surface area contributed by atoms with Gasteiger partial charge in [0.1, 0.15) is 11.6 Å². The third kappa shape index (κ3) is 5.81. The second-order valence-corrected chi connectivity index (χ2v) is 7.90. The molecule has 0 aliphatic carbocycles. The number of halogens is 3. The highest BCUT2D eigenvalue weighted by molar-refractivity contribution is 6.35. The fourth-order valence-corrected chi connectivity index (χ4v) is 3.36. The SMILES string of the molecule is Cc1ccc(NCCC(C)N)cc1C(=O)c1ccc(Nc2ccc(F)cc2F)cc1Cl. The number of carbonyl (C=O) groups is 1. The summed E-state index contributed by atoms with van der Waals surface area (Å²) < 4.78 is 27.0. The predicted molar refractivity (Wildman–Crippen MR) is 122 cm³/mol. The zero-order valence-electron chi connectivity index (χ0n) is 17.3. The minimum atomic E-state index is -0.722. The summed E-state index contributed by atoms with van der Waals surface area (Å²) in [5.41, 5.74) is 8.90. The smallest absolute Gasteiger partial charge is 0.194 e. The molecule has 0 fully saturated rings. The molecule has 162 valence electrons. The topological polar surface area (TPSA) is 67.1 Å². The number of nitrogens with two attached hydrogens (primary N) is 1. The molecule has 0 aliphatic heterocycles. The van der Waals surface area contributed by atoms with Crippen molar-refractivity contribution in [3.05, 3.63) is 87.9 Å². The molecule has 0 radical (unpaired) electrons. The van der Waals surface area contributed by atoms with Crippen LogP contribution < -0.4 is 16.4 Å². The highest BCUT2D eigenvalue weighted by Crippen LogP contribution is 2.28. The lowest BCUT2D eigenvalue weighted by Gasteiger charge is -2.13. The van der Waals surface area contributed by atoms with Crippen LogP contribution in [-0.2, 0) is 0 Å². The predicted octanol–water partition coefficient (Wildman–Crippen LogP) is 6.05. The molecule has 0 amide bonds. The van der Waals surface area contributed by atoms with Crippen LogP contribution in [-0.4, -0.2) is 18.4 Å². The summed E-state index contributed by atoms with van der Waals surface area (Å²) in [6, 6.07) is 13.7. The lowest BCUT2D eigenvalue weighted by molar-refractivity contribution is 0.103. The van der Waals surface area contributed by atoms with E-state index < -0.39 is 11.6 Å². The maximum atomic E-state index is 13.9. The van der Waals surface area contributed by atoms with E-state index in [-0.39, 0.29) is 22.5 Å². The summed E-state index contributed by atoms with van der Waals surface area (Å²) in [4.78, 5) is 13.1. The Balaban J connectivity index is 1.80. The van der Waals surface area contributed by atoms with Crippen molar-refractivity contribution in [3.63, 3.8) is 0 Å². The Morgan fingerprint density at radius 2 is 1.77 bits per heavy atom. The first kappa shape index (κ1) is 22.7. The van der Waals surface area contributed by atoms with Crippen LogP contribution in [0.4, 0.5) is 25.8 Å². The molecular weight excluding hydrogens is 420 g/mol. The van der Waals surface area contributed by atoms with Gasteiger partial charge in [-0.25, -0.2) is 8.78 Å². The Hall–Kier alpha value is -2.96. The Labute approximate surface area is 185 Å². The molecule has 0 heterocycles. The van der Waals surface area contributed by atoms with Crippen LogP contribution in [0.2, 0.25) is 5.02 Å². The van der Waals surface area contributed by atoms with Gasteiger partial charge in [0, 0.05) is 41.2 Å². The van der Waals surface area contributed by atoms with Crippen LogP contribution in [0.1, 0.15) is 34.8 Å². The number of carbonyl (C=O) groups excluding carboxylic acids is 1. The molecule has 4 nitrogen and oxygen atoms in total. The first-order valence-corrected chi connectivity index (χ1v) is 10.3. The molecule has 0 saturated carbocycles. The van der Waals surface area contributed by atoms with Gasteiger partial charge in [-0.2, -0.15) is 0 Å². The van der Waals surface area contributed by atoms with Gasteiger partial charge in [-0.15, -0.1) is 0 Å². The molecule has 4 N–H and O–H groups in total. The zero-order chi connectivity index (χ0) is 22.5. The molecule has 31 heavy (non-hydrogen) atoms. The number of ketones is 1. The molecule has 1 unspecified atom stereocenters. The van der Waals surface area contributed by atoms with E-state index in [4.69, 9.17) is 17.3 Å². The lowest BCUT2D eigenvalue weighted by Crippen LogP contribution is -2.19. The third-order valence-corrected chi connectivity index (χ3v) is 5.15. The quantitative estimate of drug-likeness (QED) is 0.371. The number of rotatable bonds is 8. The highest BCUT2D eigenvalue weighted by atomic mass is 35.5. The molecule has 0 aromatic heterocycles. The van der Waals surface area contributed by atoms with Crippen molar-refractivity contribution in [2.24, 2.45) is 5.73 Å². The number of hydrogen-bond acceptors (Lipinski definition) is 4. The van der Waals surface area contributed by atoms with E-state index in [1.807, 2.05) is 26.0 Å². The van der Waals surface area contributed by atoms with Crippen molar-refractivity contribution in [3.8, 4) is 0 Å². The molecule has 3 aromatic carbocycles. The van der Waals surface area contributed by atoms with Crippen LogP contribution in [0.15, 0.2) is 54.6 Å². The minimum absolute atomic E-state index is 0.0911. The number of nitrogens with one attached hydrogen (secondary N) is 2. The monoisotopic (exact) mass is 443 g/mol. The summed E-state index contributed by atoms with van der Waals surface area (Å²) in [6.07, 6.45) is 0.812. The van der Waals surface area contributed by atoms with Crippen LogP contribution >= 0.6 is 11.6 Å². The molecule has 0 saturated heterocycles. The van der Waals surface area contributed by atoms with Crippen molar-refractivity contribution in [1.82, 2.24) is 0 Å². The summed E-state index contributed by atoms with van der Waals surface area (Å²) in [6.45, 7) is 4.51. The van der Waals surface area contributed by atoms with E-state index in [0.717, 1.165) is 29.8 Å². The molecule has 1 atom stereocenters. The van der Waals surface area contributed by atoms with E-state index in [1.54, 1.807) is 18.2 Å². The number of hydrogen-bond donors (Lipinski definition) is 3. The van der Waals surface area contributed by atoms with Crippen molar-refractivity contribution >= 4 is 34.4 Å². The molecule has 3 aromatic rings. The largest absolute Gasteiger partial charge is 0.385 e. The summed E-state index contributed by atoms with van der Waals surface area (Å²) in [5.74, 6) is -1.59. The normalized spacial score (nSPS) is 11.8. The average Bonchev–Trinajstić information content (AvgIpc) is 2.71. The average molecular weight is 444 g/mol. The third-order valence-electron chi connectivity index (χ3n) is 4.83. The van der Waals surface area contributed by atoms with Gasteiger partial charge in [-0.05, 0) is 68.3 Å². The van der Waals surface area contributed by atoms with Gasteiger partial charge in [0.25, 0.3) is 0 Å². The second kappa shape index (κ2) is 9.90. The van der Waals surface area contributed by atoms with Crippen LogP contribution in [0.3, 0.4) is 0 Å². The number of aryl methyl sites for hydroxylation is 1. The van der Waals surface area contributed by atoms with Crippen LogP contribution in [0.25, 0.3) is 0 Å². The summed E-state index contributed by atoms with van der Waals surface area (Å²) >= 11 is 6.37. The van der Waals surface area contributed by atoms with Gasteiger partial charge >= 0.3 is 0 Å². The maximum Gasteiger partial charge on any atom is 0.194 e. The maximum absolute atomic E-state index is 13.9. The molecule has 7 heteroatoms. The fraction of sp³-hybridized carbons (Fsp3) is 0.208. The zero-order valence-corrected chi connectivity index (χ0v) is 18.1. The minimum Gasteiger partial charge on any atom is -0.385 e. The second-order valence-electron chi connectivity index (χ2n) is 7.50. The van der Waals surface area contributed by atoms with E-state index in [2.05, 4.69) is 10.6 Å². The van der Waals surface area contributed by atoms with Gasteiger partial charge in [0.2, 0.25) is 0 Å². The molecule has 0 bridgehead atoms. The van der Waals surface area contributed by atoms with Crippen molar-refractivity contribution < 1.29 is 13.6 Å². The number of anilines is 3. The van der Waals surface area contributed by atoms with E-state index in [9.17, 15) is 13.6 Å². The van der Waals surface area contributed by atoms with Crippen molar-refractivity contribution in [1.29, 1.82) is 0 Å². The first-order valence-electron chi connectivity index (χ1n) is 9.91. The summed E-state index contributed by atoms with van der Waals surface area (Å²) in [5, 5.41) is 6.34.